The third kappa shape index (κ3) is 3.72. The highest BCUT2D eigenvalue weighted by Crippen LogP contribution is 2.35. The summed E-state index contributed by atoms with van der Waals surface area (Å²) < 4.78 is 6.03. The van der Waals surface area contributed by atoms with Crippen LogP contribution in [0.25, 0.3) is 11.3 Å². The van der Waals surface area contributed by atoms with E-state index in [4.69, 9.17) is 22.1 Å². The van der Waals surface area contributed by atoms with Gasteiger partial charge in [0.05, 0.1) is 5.69 Å². The standard InChI is InChI=1S/C18H17ClN2OS/c1-12-7-17(22-10-13-5-3-2-4-6-13)14(8-15(12)19)16-11-23-18(9-20)21-16/h2-8,11H,9-10,20H2,1H3. The summed E-state index contributed by atoms with van der Waals surface area (Å²) in [6, 6.07) is 13.9. The van der Waals surface area contributed by atoms with Crippen molar-refractivity contribution < 1.29 is 4.74 Å². The molecule has 0 saturated heterocycles. The van der Waals surface area contributed by atoms with Gasteiger partial charge < -0.3 is 10.5 Å². The monoisotopic (exact) mass is 344 g/mol. The molecule has 0 amide bonds. The van der Waals surface area contributed by atoms with Crippen molar-refractivity contribution in [2.75, 3.05) is 0 Å². The van der Waals surface area contributed by atoms with Crippen LogP contribution in [-0.4, -0.2) is 4.98 Å². The highest BCUT2D eigenvalue weighted by molar-refractivity contribution is 7.09. The van der Waals surface area contributed by atoms with Crippen LogP contribution in [0.15, 0.2) is 47.8 Å². The van der Waals surface area contributed by atoms with Crippen molar-refractivity contribution in [1.29, 1.82) is 0 Å². The smallest absolute Gasteiger partial charge is 0.129 e. The Morgan fingerprint density at radius 3 is 2.70 bits per heavy atom. The van der Waals surface area contributed by atoms with Crippen molar-refractivity contribution in [2.24, 2.45) is 5.73 Å². The number of hydrogen-bond acceptors (Lipinski definition) is 4. The van der Waals surface area contributed by atoms with Crippen molar-refractivity contribution in [3.63, 3.8) is 0 Å². The molecule has 2 N–H and O–H groups in total. The number of thiazole rings is 1. The van der Waals surface area contributed by atoms with Gasteiger partial charge in [0, 0.05) is 22.5 Å². The first-order valence-electron chi connectivity index (χ1n) is 7.29. The van der Waals surface area contributed by atoms with E-state index in [1.807, 2.05) is 54.8 Å². The normalized spacial score (nSPS) is 10.7. The van der Waals surface area contributed by atoms with Gasteiger partial charge in [-0.05, 0) is 30.2 Å². The molecule has 3 aromatic rings. The van der Waals surface area contributed by atoms with E-state index >= 15 is 0 Å². The summed E-state index contributed by atoms with van der Waals surface area (Å²) in [5.74, 6) is 0.782. The van der Waals surface area contributed by atoms with Crippen molar-refractivity contribution >= 4 is 22.9 Å². The highest BCUT2D eigenvalue weighted by Gasteiger charge is 2.13. The molecule has 0 unspecified atom stereocenters. The molecule has 5 heteroatoms. The molecular weight excluding hydrogens is 328 g/mol. The summed E-state index contributed by atoms with van der Waals surface area (Å²) in [5.41, 5.74) is 9.50. The van der Waals surface area contributed by atoms with Gasteiger partial charge in [-0.25, -0.2) is 4.98 Å². The van der Waals surface area contributed by atoms with E-state index in [0.29, 0.717) is 18.2 Å². The Morgan fingerprint density at radius 1 is 1.22 bits per heavy atom. The lowest BCUT2D eigenvalue weighted by Crippen LogP contribution is -1.98. The average Bonchev–Trinajstić information content (AvgIpc) is 3.05. The third-order valence-electron chi connectivity index (χ3n) is 3.50. The third-order valence-corrected chi connectivity index (χ3v) is 4.78. The van der Waals surface area contributed by atoms with Crippen LogP contribution in [0.4, 0.5) is 0 Å². The van der Waals surface area contributed by atoms with Gasteiger partial charge in [-0.3, -0.25) is 0 Å². The summed E-state index contributed by atoms with van der Waals surface area (Å²) in [7, 11) is 0. The molecule has 23 heavy (non-hydrogen) atoms. The molecule has 3 rings (SSSR count). The molecule has 0 spiro atoms. The summed E-state index contributed by atoms with van der Waals surface area (Å²) in [5, 5.41) is 3.58. The number of ether oxygens (including phenoxy) is 1. The topological polar surface area (TPSA) is 48.1 Å². The first-order chi connectivity index (χ1) is 11.2. The Balaban J connectivity index is 1.93. The van der Waals surface area contributed by atoms with E-state index in [2.05, 4.69) is 4.98 Å². The number of nitrogens with zero attached hydrogens (tertiary/aromatic N) is 1. The fourth-order valence-electron chi connectivity index (χ4n) is 2.24. The van der Waals surface area contributed by atoms with Crippen molar-refractivity contribution in [2.45, 2.75) is 20.1 Å². The van der Waals surface area contributed by atoms with Crippen LogP contribution in [0.3, 0.4) is 0 Å². The molecule has 0 radical (unpaired) electrons. The zero-order valence-electron chi connectivity index (χ0n) is 12.8. The van der Waals surface area contributed by atoms with Crippen LogP contribution < -0.4 is 10.5 Å². The Kier molecular flexibility index (Phi) is 4.96. The lowest BCUT2D eigenvalue weighted by Gasteiger charge is -2.12. The van der Waals surface area contributed by atoms with E-state index in [0.717, 1.165) is 33.1 Å². The summed E-state index contributed by atoms with van der Waals surface area (Å²) in [4.78, 5) is 4.54. The summed E-state index contributed by atoms with van der Waals surface area (Å²) in [6.07, 6.45) is 0. The maximum atomic E-state index is 6.29. The molecule has 1 aromatic heterocycles. The predicted molar refractivity (Wildman–Crippen MR) is 96.0 cm³/mol. The van der Waals surface area contributed by atoms with Crippen molar-refractivity contribution in [3.8, 4) is 17.0 Å². The predicted octanol–water partition coefficient (Wildman–Crippen LogP) is 4.81. The maximum Gasteiger partial charge on any atom is 0.129 e. The number of benzene rings is 2. The second kappa shape index (κ2) is 7.13. The molecule has 0 fully saturated rings. The van der Waals surface area contributed by atoms with E-state index in [-0.39, 0.29) is 0 Å². The van der Waals surface area contributed by atoms with Crippen LogP contribution >= 0.6 is 22.9 Å². The number of halogens is 1. The van der Waals surface area contributed by atoms with Gasteiger partial charge in [-0.15, -0.1) is 11.3 Å². The second-order valence-electron chi connectivity index (χ2n) is 5.20. The SMILES string of the molecule is Cc1cc(OCc2ccccc2)c(-c2csc(CN)n2)cc1Cl. The number of hydrogen-bond donors (Lipinski definition) is 1. The van der Waals surface area contributed by atoms with Gasteiger partial charge in [-0.2, -0.15) is 0 Å². The van der Waals surface area contributed by atoms with Crippen molar-refractivity contribution in [3.05, 3.63) is 69.0 Å². The second-order valence-corrected chi connectivity index (χ2v) is 6.55. The number of aryl methyl sites for hydroxylation is 1. The molecule has 0 atom stereocenters. The molecule has 1 heterocycles. The molecule has 0 aliphatic carbocycles. The van der Waals surface area contributed by atoms with Crippen molar-refractivity contribution in [1.82, 2.24) is 4.98 Å². The lowest BCUT2D eigenvalue weighted by atomic mass is 10.1. The Bertz CT molecular complexity index is 802. The largest absolute Gasteiger partial charge is 0.488 e. The zero-order chi connectivity index (χ0) is 16.2. The van der Waals surface area contributed by atoms with E-state index in [9.17, 15) is 0 Å². The van der Waals surface area contributed by atoms with Crippen LogP contribution in [0.1, 0.15) is 16.1 Å². The Morgan fingerprint density at radius 2 is 2.00 bits per heavy atom. The van der Waals surface area contributed by atoms with Crippen LogP contribution in [-0.2, 0) is 13.2 Å². The fraction of sp³-hybridized carbons (Fsp3) is 0.167. The molecule has 0 aliphatic rings. The van der Waals surface area contributed by atoms with E-state index in [1.165, 1.54) is 0 Å². The molecule has 0 bridgehead atoms. The van der Waals surface area contributed by atoms with Gasteiger partial charge in [0.1, 0.15) is 17.4 Å². The molecule has 118 valence electrons. The molecular formula is C18H17ClN2OS. The molecule has 2 aromatic carbocycles. The number of aromatic nitrogens is 1. The van der Waals surface area contributed by atoms with Crippen LogP contribution in [0, 0.1) is 6.92 Å². The Hall–Kier alpha value is -1.88. The van der Waals surface area contributed by atoms with E-state index in [1.54, 1.807) is 11.3 Å². The van der Waals surface area contributed by atoms with Gasteiger partial charge in [0.25, 0.3) is 0 Å². The maximum absolute atomic E-state index is 6.29. The molecule has 3 nitrogen and oxygen atoms in total. The average molecular weight is 345 g/mol. The first-order valence-corrected chi connectivity index (χ1v) is 8.55. The minimum Gasteiger partial charge on any atom is -0.488 e. The van der Waals surface area contributed by atoms with Gasteiger partial charge >= 0.3 is 0 Å². The van der Waals surface area contributed by atoms with Gasteiger partial charge in [0.2, 0.25) is 0 Å². The fourth-order valence-corrected chi connectivity index (χ4v) is 3.08. The minimum atomic E-state index is 0.435. The van der Waals surface area contributed by atoms with Gasteiger partial charge in [0.15, 0.2) is 0 Å². The van der Waals surface area contributed by atoms with Crippen LogP contribution in [0.5, 0.6) is 5.75 Å². The van der Waals surface area contributed by atoms with Crippen LogP contribution in [0.2, 0.25) is 5.02 Å². The number of rotatable bonds is 5. The summed E-state index contributed by atoms with van der Waals surface area (Å²) in [6.45, 7) is 2.90. The molecule has 0 saturated carbocycles. The minimum absolute atomic E-state index is 0.435. The highest BCUT2D eigenvalue weighted by atomic mass is 35.5. The quantitative estimate of drug-likeness (QED) is 0.722. The Labute approximate surface area is 144 Å². The summed E-state index contributed by atoms with van der Waals surface area (Å²) >= 11 is 7.83. The van der Waals surface area contributed by atoms with E-state index < -0.39 is 0 Å². The molecule has 0 aliphatic heterocycles. The lowest BCUT2D eigenvalue weighted by molar-refractivity contribution is 0.307. The first kappa shape index (κ1) is 16.0. The number of nitrogens with two attached hydrogens (primary N) is 1. The van der Waals surface area contributed by atoms with Gasteiger partial charge in [-0.1, -0.05) is 41.9 Å². The zero-order valence-corrected chi connectivity index (χ0v) is 14.3.